The van der Waals surface area contributed by atoms with Gasteiger partial charge in [0.15, 0.2) is 0 Å². The zero-order valence-electron chi connectivity index (χ0n) is 9.72. The van der Waals surface area contributed by atoms with Crippen molar-refractivity contribution in [3.05, 3.63) is 0 Å². The highest BCUT2D eigenvalue weighted by Gasteiger charge is 2.08. The molecule has 3 heteroatoms. The lowest BCUT2D eigenvalue weighted by Crippen LogP contribution is -2.42. The van der Waals surface area contributed by atoms with Crippen molar-refractivity contribution in [2.45, 2.75) is 19.9 Å². The summed E-state index contributed by atoms with van der Waals surface area (Å²) in [4.78, 5) is 2.19. The van der Waals surface area contributed by atoms with Gasteiger partial charge in [0, 0.05) is 25.7 Å². The Kier molecular flexibility index (Phi) is 7.23. The van der Waals surface area contributed by atoms with E-state index in [-0.39, 0.29) is 0 Å². The summed E-state index contributed by atoms with van der Waals surface area (Å²) in [5, 5.41) is 6.76. The minimum absolute atomic E-state index is 0.585. The van der Waals surface area contributed by atoms with Gasteiger partial charge in [0.05, 0.1) is 0 Å². The number of nitrogens with zero attached hydrogens (tertiary/aromatic N) is 1. The Morgan fingerprint density at radius 2 is 1.85 bits per heavy atom. The first-order valence-corrected chi connectivity index (χ1v) is 5.10. The molecule has 0 rings (SSSR count). The van der Waals surface area contributed by atoms with E-state index < -0.39 is 0 Å². The van der Waals surface area contributed by atoms with Crippen LogP contribution in [0.3, 0.4) is 0 Å². The minimum Gasteiger partial charge on any atom is -0.315 e. The van der Waals surface area contributed by atoms with Crippen LogP contribution in [0.5, 0.6) is 0 Å². The van der Waals surface area contributed by atoms with Crippen LogP contribution in [0.25, 0.3) is 0 Å². The molecule has 1 atom stereocenters. The van der Waals surface area contributed by atoms with Crippen molar-refractivity contribution in [3.8, 4) is 0 Å². The Labute approximate surface area is 82.9 Å². The summed E-state index contributed by atoms with van der Waals surface area (Å²) >= 11 is 0. The van der Waals surface area contributed by atoms with Crippen molar-refractivity contribution in [2.75, 3.05) is 40.8 Å². The van der Waals surface area contributed by atoms with Crippen molar-refractivity contribution < 1.29 is 0 Å². The summed E-state index contributed by atoms with van der Waals surface area (Å²) in [6.07, 6.45) is 0. The lowest BCUT2D eigenvalue weighted by molar-refractivity contribution is 0.368. The Bertz CT molecular complexity index is 113. The van der Waals surface area contributed by atoms with E-state index >= 15 is 0 Å². The van der Waals surface area contributed by atoms with Crippen LogP contribution in [-0.2, 0) is 0 Å². The summed E-state index contributed by atoms with van der Waals surface area (Å²) in [7, 11) is 6.22. The lowest BCUT2D eigenvalue weighted by Gasteiger charge is -2.21. The third-order valence-electron chi connectivity index (χ3n) is 2.28. The van der Waals surface area contributed by atoms with Crippen molar-refractivity contribution in [1.29, 1.82) is 0 Å². The van der Waals surface area contributed by atoms with Crippen LogP contribution in [0.1, 0.15) is 13.8 Å². The molecule has 0 amide bonds. The molecule has 0 spiro atoms. The number of nitrogens with one attached hydrogen (secondary N) is 2. The van der Waals surface area contributed by atoms with Crippen LogP contribution in [0.2, 0.25) is 0 Å². The van der Waals surface area contributed by atoms with E-state index in [1.54, 1.807) is 0 Å². The molecule has 0 fully saturated rings. The molecule has 0 aliphatic rings. The molecule has 2 N–H and O–H groups in total. The summed E-state index contributed by atoms with van der Waals surface area (Å²) < 4.78 is 0. The quantitative estimate of drug-likeness (QED) is 0.564. The molecule has 0 aromatic heterocycles. The third-order valence-corrected chi connectivity index (χ3v) is 2.28. The molecule has 13 heavy (non-hydrogen) atoms. The minimum atomic E-state index is 0.585. The van der Waals surface area contributed by atoms with E-state index in [1.165, 1.54) is 0 Å². The van der Waals surface area contributed by atoms with E-state index in [4.69, 9.17) is 0 Å². The zero-order valence-corrected chi connectivity index (χ0v) is 9.72. The van der Waals surface area contributed by atoms with Crippen LogP contribution in [0.15, 0.2) is 0 Å². The smallest absolute Gasteiger partial charge is 0.0212 e. The maximum absolute atomic E-state index is 3.44. The van der Waals surface area contributed by atoms with Gasteiger partial charge in [-0.1, -0.05) is 13.8 Å². The average Bonchev–Trinajstić information content (AvgIpc) is 2.03. The number of hydrogen-bond donors (Lipinski definition) is 2. The van der Waals surface area contributed by atoms with Crippen LogP contribution in [0.4, 0.5) is 0 Å². The first kappa shape index (κ1) is 12.9. The average molecular weight is 187 g/mol. The molecule has 0 saturated carbocycles. The molecular weight excluding hydrogens is 162 g/mol. The fraction of sp³-hybridized carbons (Fsp3) is 1.00. The van der Waals surface area contributed by atoms with Gasteiger partial charge < -0.3 is 15.5 Å². The molecule has 0 aromatic rings. The van der Waals surface area contributed by atoms with Gasteiger partial charge in [-0.3, -0.25) is 0 Å². The van der Waals surface area contributed by atoms with Crippen molar-refractivity contribution in [2.24, 2.45) is 5.92 Å². The van der Waals surface area contributed by atoms with Crippen molar-refractivity contribution in [1.82, 2.24) is 15.5 Å². The Morgan fingerprint density at radius 3 is 2.23 bits per heavy atom. The van der Waals surface area contributed by atoms with Crippen LogP contribution >= 0.6 is 0 Å². The largest absolute Gasteiger partial charge is 0.315 e. The molecule has 0 aliphatic heterocycles. The lowest BCUT2D eigenvalue weighted by atomic mass is 10.1. The summed E-state index contributed by atoms with van der Waals surface area (Å²) in [5.41, 5.74) is 0. The van der Waals surface area contributed by atoms with Gasteiger partial charge in [0.25, 0.3) is 0 Å². The molecule has 0 bridgehead atoms. The predicted octanol–water partition coefficient (Wildman–Crippen LogP) is 0.382. The Hall–Kier alpha value is -0.120. The topological polar surface area (TPSA) is 27.3 Å². The molecule has 0 aliphatic carbocycles. The van der Waals surface area contributed by atoms with Gasteiger partial charge in [-0.25, -0.2) is 0 Å². The monoisotopic (exact) mass is 187 g/mol. The van der Waals surface area contributed by atoms with Gasteiger partial charge in [0.1, 0.15) is 0 Å². The summed E-state index contributed by atoms with van der Waals surface area (Å²) in [6.45, 7) is 7.72. The standard InChI is InChI=1S/C10H25N3/c1-9(2)10(11-3)8-12-6-7-13(4)5/h9-12H,6-8H2,1-5H3/t10-/m0/s1. The highest BCUT2D eigenvalue weighted by atomic mass is 15.1. The maximum atomic E-state index is 3.44. The van der Waals surface area contributed by atoms with E-state index in [2.05, 4.69) is 43.5 Å². The number of hydrogen-bond acceptors (Lipinski definition) is 3. The highest BCUT2D eigenvalue weighted by Crippen LogP contribution is 1.98. The Balaban J connectivity index is 3.39. The molecule has 0 saturated heterocycles. The molecule has 0 aromatic carbocycles. The van der Waals surface area contributed by atoms with Crippen molar-refractivity contribution >= 4 is 0 Å². The normalized spacial score (nSPS) is 14.1. The molecule has 0 heterocycles. The van der Waals surface area contributed by atoms with Gasteiger partial charge in [0.2, 0.25) is 0 Å². The van der Waals surface area contributed by atoms with Gasteiger partial charge in [-0.05, 0) is 27.1 Å². The summed E-state index contributed by atoms with van der Waals surface area (Å²) in [5.74, 6) is 0.692. The molecular formula is C10H25N3. The summed E-state index contributed by atoms with van der Waals surface area (Å²) in [6, 6.07) is 0.585. The first-order chi connectivity index (χ1) is 6.07. The molecule has 0 unspecified atom stereocenters. The van der Waals surface area contributed by atoms with E-state index in [0.29, 0.717) is 12.0 Å². The molecule has 80 valence electrons. The SMILES string of the molecule is CN[C@@H](CNCCN(C)C)C(C)C. The maximum Gasteiger partial charge on any atom is 0.0212 e. The van der Waals surface area contributed by atoms with Gasteiger partial charge in [-0.15, -0.1) is 0 Å². The van der Waals surface area contributed by atoms with Crippen molar-refractivity contribution in [3.63, 3.8) is 0 Å². The second-order valence-corrected chi connectivity index (χ2v) is 4.15. The Morgan fingerprint density at radius 1 is 1.23 bits per heavy atom. The predicted molar refractivity (Wildman–Crippen MR) is 59.1 cm³/mol. The van der Waals surface area contributed by atoms with Crippen LogP contribution in [-0.4, -0.2) is 51.7 Å². The second kappa shape index (κ2) is 7.30. The highest BCUT2D eigenvalue weighted by molar-refractivity contribution is 4.71. The second-order valence-electron chi connectivity index (χ2n) is 4.15. The molecule has 0 radical (unpaired) electrons. The van der Waals surface area contributed by atoms with E-state index in [0.717, 1.165) is 19.6 Å². The fourth-order valence-corrected chi connectivity index (χ4v) is 1.23. The van der Waals surface area contributed by atoms with Gasteiger partial charge >= 0.3 is 0 Å². The van der Waals surface area contributed by atoms with Crippen LogP contribution in [0, 0.1) is 5.92 Å². The van der Waals surface area contributed by atoms with Gasteiger partial charge in [-0.2, -0.15) is 0 Å². The number of rotatable bonds is 7. The van der Waals surface area contributed by atoms with Crippen LogP contribution < -0.4 is 10.6 Å². The molecule has 3 nitrogen and oxygen atoms in total. The van der Waals surface area contributed by atoms with E-state index in [1.807, 2.05) is 7.05 Å². The fourth-order valence-electron chi connectivity index (χ4n) is 1.23. The third kappa shape index (κ3) is 6.99. The first-order valence-electron chi connectivity index (χ1n) is 5.10. The number of likely N-dealkylation sites (N-methyl/N-ethyl adjacent to an activating group) is 2. The zero-order chi connectivity index (χ0) is 10.3. The van der Waals surface area contributed by atoms with E-state index in [9.17, 15) is 0 Å².